The van der Waals surface area contributed by atoms with Crippen molar-refractivity contribution in [3.8, 4) is 0 Å². The Morgan fingerprint density at radius 2 is 1.75 bits per heavy atom. The normalized spacial score (nSPS) is 29.5. The summed E-state index contributed by atoms with van der Waals surface area (Å²) in [5, 5.41) is 0.726. The lowest BCUT2D eigenvalue weighted by molar-refractivity contribution is -0.123. The number of imide groups is 1. The van der Waals surface area contributed by atoms with Gasteiger partial charge in [0, 0.05) is 28.3 Å². The van der Waals surface area contributed by atoms with Crippen LogP contribution in [0.2, 0.25) is 10.0 Å². The topological polar surface area (TPSA) is 53.5 Å². The van der Waals surface area contributed by atoms with Crippen LogP contribution >= 0.6 is 23.2 Å². The summed E-state index contributed by atoms with van der Waals surface area (Å²) in [6.45, 7) is 0.809. The highest BCUT2D eigenvalue weighted by Crippen LogP contribution is 2.53. The number of benzene rings is 1. The van der Waals surface area contributed by atoms with Crippen LogP contribution in [0.4, 0.5) is 10.1 Å². The first-order valence-corrected chi connectivity index (χ1v) is 9.92. The molecule has 0 spiro atoms. The summed E-state index contributed by atoms with van der Waals surface area (Å²) >= 11 is 12.2. The van der Waals surface area contributed by atoms with Crippen LogP contribution in [0.25, 0.3) is 0 Å². The molecule has 5 rings (SSSR count). The third-order valence-electron chi connectivity index (χ3n) is 6.05. The molecule has 3 aliphatic heterocycles. The number of anilines is 1. The van der Waals surface area contributed by atoms with Crippen LogP contribution in [0, 0.1) is 17.8 Å². The molecule has 4 atom stereocenters. The molecule has 3 fully saturated rings. The zero-order valence-electron chi connectivity index (χ0n) is 14.7. The highest BCUT2D eigenvalue weighted by Gasteiger charge is 2.63. The van der Waals surface area contributed by atoms with Gasteiger partial charge in [0.05, 0.1) is 17.5 Å². The Bertz CT molecular complexity index is 964. The van der Waals surface area contributed by atoms with Crippen molar-refractivity contribution in [2.75, 3.05) is 11.4 Å². The molecular weight excluding hydrogens is 404 g/mol. The number of carbonyl (C=O) groups is 2. The van der Waals surface area contributed by atoms with E-state index in [2.05, 4.69) is 9.88 Å². The van der Waals surface area contributed by atoms with E-state index in [-0.39, 0.29) is 23.9 Å². The summed E-state index contributed by atoms with van der Waals surface area (Å²) in [6.07, 6.45) is 3.29. The third-order valence-corrected chi connectivity index (χ3v) is 6.49. The SMILES string of the molecule is O=C1C2C(C(=O)N1c1cc(Cl)cc(Cl)c1)C(c1ccc(F)nc1)N1CCCC21. The van der Waals surface area contributed by atoms with Gasteiger partial charge >= 0.3 is 0 Å². The van der Waals surface area contributed by atoms with E-state index in [0.29, 0.717) is 15.7 Å². The first-order chi connectivity index (χ1) is 13.5. The standard InChI is InChI=1S/C20H16Cl2FN3O2/c21-11-6-12(22)8-13(7-11)26-19(27)16-14-2-1-5-25(14)18(17(16)20(26)28)10-3-4-15(23)24-9-10/h3-4,6-9,14,16-18H,1-2,5H2. The van der Waals surface area contributed by atoms with Crippen molar-refractivity contribution >= 4 is 40.7 Å². The average molecular weight is 420 g/mol. The second kappa shape index (κ2) is 6.51. The Morgan fingerprint density at radius 1 is 1.04 bits per heavy atom. The first-order valence-electron chi connectivity index (χ1n) is 9.17. The lowest BCUT2D eigenvalue weighted by Crippen LogP contribution is -2.39. The minimum atomic E-state index is -0.569. The smallest absolute Gasteiger partial charge is 0.239 e. The molecule has 0 radical (unpaired) electrons. The number of nitrogens with zero attached hydrogens (tertiary/aromatic N) is 3. The van der Waals surface area contributed by atoms with E-state index in [1.165, 1.54) is 17.2 Å². The molecule has 144 valence electrons. The van der Waals surface area contributed by atoms with Crippen LogP contribution in [0.1, 0.15) is 24.4 Å². The molecule has 4 heterocycles. The molecule has 1 aromatic heterocycles. The number of amides is 2. The summed E-state index contributed by atoms with van der Waals surface area (Å²) in [7, 11) is 0. The number of fused-ring (bicyclic) bond motifs is 3. The van der Waals surface area contributed by atoms with Crippen LogP contribution < -0.4 is 4.90 Å². The predicted octanol–water partition coefficient (Wildman–Crippen LogP) is 3.85. The van der Waals surface area contributed by atoms with Gasteiger partial charge in [-0.2, -0.15) is 4.39 Å². The maximum atomic E-state index is 13.4. The number of carbonyl (C=O) groups excluding carboxylic acids is 2. The Kier molecular flexibility index (Phi) is 4.19. The maximum absolute atomic E-state index is 13.4. The first kappa shape index (κ1) is 18.0. The van der Waals surface area contributed by atoms with E-state index < -0.39 is 17.8 Å². The molecule has 0 N–H and O–H groups in total. The van der Waals surface area contributed by atoms with Crippen molar-refractivity contribution in [2.24, 2.45) is 11.8 Å². The van der Waals surface area contributed by atoms with Crippen LogP contribution in [0.15, 0.2) is 36.5 Å². The van der Waals surface area contributed by atoms with Gasteiger partial charge < -0.3 is 0 Å². The molecule has 2 aromatic rings. The highest BCUT2D eigenvalue weighted by molar-refractivity contribution is 6.35. The number of hydrogen-bond acceptors (Lipinski definition) is 4. The Morgan fingerprint density at radius 3 is 2.43 bits per heavy atom. The molecule has 3 aliphatic rings. The van der Waals surface area contributed by atoms with E-state index in [9.17, 15) is 14.0 Å². The van der Waals surface area contributed by atoms with Gasteiger partial charge in [-0.15, -0.1) is 0 Å². The van der Waals surface area contributed by atoms with Gasteiger partial charge in [0.15, 0.2) is 0 Å². The van der Waals surface area contributed by atoms with Crippen molar-refractivity contribution in [3.63, 3.8) is 0 Å². The molecule has 2 amide bonds. The van der Waals surface area contributed by atoms with Crippen molar-refractivity contribution in [1.29, 1.82) is 0 Å². The molecule has 0 bridgehead atoms. The fraction of sp³-hybridized carbons (Fsp3) is 0.350. The van der Waals surface area contributed by atoms with Gasteiger partial charge in [-0.25, -0.2) is 9.88 Å². The van der Waals surface area contributed by atoms with Crippen molar-refractivity contribution in [1.82, 2.24) is 9.88 Å². The second-order valence-corrected chi connectivity index (χ2v) is 8.37. The van der Waals surface area contributed by atoms with Crippen molar-refractivity contribution in [2.45, 2.75) is 24.9 Å². The molecule has 8 heteroatoms. The average Bonchev–Trinajstić information content (AvgIpc) is 3.27. The molecule has 5 nitrogen and oxygen atoms in total. The summed E-state index contributed by atoms with van der Waals surface area (Å²) < 4.78 is 13.3. The second-order valence-electron chi connectivity index (χ2n) is 7.50. The number of aromatic nitrogens is 1. The van der Waals surface area contributed by atoms with Crippen LogP contribution in [0.3, 0.4) is 0 Å². The molecule has 28 heavy (non-hydrogen) atoms. The van der Waals surface area contributed by atoms with Gasteiger partial charge in [-0.3, -0.25) is 14.5 Å². The van der Waals surface area contributed by atoms with Crippen molar-refractivity contribution in [3.05, 3.63) is 58.1 Å². The summed E-state index contributed by atoms with van der Waals surface area (Å²) in [6, 6.07) is 7.36. The largest absolute Gasteiger partial charge is 0.292 e. The number of halogens is 3. The molecule has 0 saturated carbocycles. The van der Waals surface area contributed by atoms with Gasteiger partial charge in [0.1, 0.15) is 0 Å². The van der Waals surface area contributed by atoms with E-state index in [0.717, 1.165) is 24.9 Å². The molecular formula is C20H16Cl2FN3O2. The van der Waals surface area contributed by atoms with E-state index in [1.807, 2.05) is 0 Å². The van der Waals surface area contributed by atoms with Gasteiger partial charge in [0.2, 0.25) is 17.8 Å². The minimum Gasteiger partial charge on any atom is -0.292 e. The van der Waals surface area contributed by atoms with Gasteiger partial charge in [-0.1, -0.05) is 29.3 Å². The summed E-state index contributed by atoms with van der Waals surface area (Å²) in [5.74, 6) is -2.01. The van der Waals surface area contributed by atoms with E-state index >= 15 is 0 Å². The fourth-order valence-electron chi connectivity index (χ4n) is 5.09. The number of rotatable bonds is 2. The Balaban J connectivity index is 1.59. The molecule has 4 unspecified atom stereocenters. The Labute approximate surface area is 171 Å². The fourth-order valence-corrected chi connectivity index (χ4v) is 5.60. The van der Waals surface area contributed by atoms with E-state index in [1.54, 1.807) is 24.3 Å². The predicted molar refractivity (Wildman–Crippen MR) is 103 cm³/mol. The van der Waals surface area contributed by atoms with Crippen LogP contribution in [-0.2, 0) is 9.59 Å². The summed E-state index contributed by atoms with van der Waals surface area (Å²) in [4.78, 5) is 33.9. The monoisotopic (exact) mass is 419 g/mol. The number of pyridine rings is 1. The zero-order chi connectivity index (χ0) is 19.6. The Hall–Kier alpha value is -2.02. The van der Waals surface area contributed by atoms with E-state index in [4.69, 9.17) is 23.2 Å². The van der Waals surface area contributed by atoms with Crippen LogP contribution in [-0.4, -0.2) is 34.3 Å². The number of hydrogen-bond donors (Lipinski definition) is 0. The van der Waals surface area contributed by atoms with Gasteiger partial charge in [-0.05, 0) is 49.2 Å². The molecule has 1 aromatic carbocycles. The van der Waals surface area contributed by atoms with Crippen LogP contribution in [0.5, 0.6) is 0 Å². The quantitative estimate of drug-likeness (QED) is 0.547. The lowest BCUT2D eigenvalue weighted by Gasteiger charge is -2.28. The molecule has 0 aliphatic carbocycles. The zero-order valence-corrected chi connectivity index (χ0v) is 16.2. The third kappa shape index (κ3) is 2.59. The molecule has 3 saturated heterocycles. The lowest BCUT2D eigenvalue weighted by atomic mass is 9.85. The maximum Gasteiger partial charge on any atom is 0.239 e. The van der Waals surface area contributed by atoms with Gasteiger partial charge in [0.25, 0.3) is 0 Å². The van der Waals surface area contributed by atoms with Crippen molar-refractivity contribution < 1.29 is 14.0 Å². The highest BCUT2D eigenvalue weighted by atomic mass is 35.5. The summed E-state index contributed by atoms with van der Waals surface area (Å²) in [5.41, 5.74) is 1.15. The minimum absolute atomic E-state index is 0.00356.